The fourth-order valence-corrected chi connectivity index (χ4v) is 2.45. The molecule has 0 heterocycles. The van der Waals surface area contributed by atoms with Gasteiger partial charge in [0, 0.05) is 13.5 Å². The second-order valence-electron chi connectivity index (χ2n) is 6.84. The zero-order valence-electron chi connectivity index (χ0n) is 16.4. The van der Waals surface area contributed by atoms with Crippen LogP contribution in [-0.2, 0) is 38.0 Å². The van der Waals surface area contributed by atoms with Crippen LogP contribution < -0.4 is 0 Å². The molecule has 8 nitrogen and oxygen atoms in total. The summed E-state index contributed by atoms with van der Waals surface area (Å²) in [6.07, 6.45) is 2.01. The van der Waals surface area contributed by atoms with Crippen molar-refractivity contribution in [1.29, 1.82) is 0 Å². The fraction of sp³-hybridized carbons (Fsp3) is 0.824. The van der Waals surface area contributed by atoms with Crippen LogP contribution in [0.4, 0.5) is 0 Å². The van der Waals surface area contributed by atoms with Crippen LogP contribution in [0.2, 0.25) is 0 Å². The largest absolute Gasteiger partial charge is 0.462 e. The van der Waals surface area contributed by atoms with Gasteiger partial charge in [-0.15, -0.1) is 6.58 Å². The quantitative estimate of drug-likeness (QED) is 0.144. The van der Waals surface area contributed by atoms with Crippen molar-refractivity contribution in [2.45, 2.75) is 45.8 Å². The molecule has 0 aromatic rings. The van der Waals surface area contributed by atoms with E-state index in [4.69, 9.17) is 23.1 Å². The minimum atomic E-state index is -3.72. The van der Waals surface area contributed by atoms with Crippen LogP contribution in [0.3, 0.4) is 0 Å². The number of carbonyl (C=O) groups is 1. The van der Waals surface area contributed by atoms with Crippen molar-refractivity contribution >= 4 is 16.1 Å². The molecule has 0 aliphatic rings. The topological polar surface area (TPSA) is 97.4 Å². The van der Waals surface area contributed by atoms with Gasteiger partial charge < -0.3 is 18.9 Å². The Labute approximate surface area is 156 Å². The van der Waals surface area contributed by atoms with Gasteiger partial charge in [0.2, 0.25) is 0 Å². The van der Waals surface area contributed by atoms with E-state index in [1.807, 2.05) is 0 Å². The van der Waals surface area contributed by atoms with Gasteiger partial charge in [-0.2, -0.15) is 8.42 Å². The molecule has 154 valence electrons. The third-order valence-electron chi connectivity index (χ3n) is 3.10. The van der Waals surface area contributed by atoms with Crippen LogP contribution in [0.25, 0.3) is 0 Å². The first-order valence-electron chi connectivity index (χ1n) is 8.34. The molecule has 9 heteroatoms. The smallest absolute Gasteiger partial charge is 0.311 e. The molecular weight excluding hydrogens is 364 g/mol. The minimum absolute atomic E-state index is 0.0231. The lowest BCUT2D eigenvalue weighted by Crippen LogP contribution is -2.33. The SMILES string of the molecule is C=CC[C@H](C[C@@H](COC(=O)C(C)(C)C)OS(C)(=O)=O)OCOCCOC. The van der Waals surface area contributed by atoms with Gasteiger partial charge >= 0.3 is 5.97 Å². The normalized spacial score (nSPS) is 14.7. The molecule has 0 N–H and O–H groups in total. The molecule has 0 saturated carbocycles. The summed E-state index contributed by atoms with van der Waals surface area (Å²) in [6.45, 7) is 9.45. The van der Waals surface area contributed by atoms with E-state index < -0.39 is 33.7 Å². The average Bonchev–Trinajstić information content (AvgIpc) is 2.49. The number of hydrogen-bond acceptors (Lipinski definition) is 8. The van der Waals surface area contributed by atoms with Crippen LogP contribution in [0.1, 0.15) is 33.6 Å². The molecule has 0 aromatic heterocycles. The van der Waals surface area contributed by atoms with E-state index in [0.717, 1.165) is 6.26 Å². The van der Waals surface area contributed by atoms with E-state index >= 15 is 0 Å². The van der Waals surface area contributed by atoms with Crippen molar-refractivity contribution in [3.8, 4) is 0 Å². The summed E-state index contributed by atoms with van der Waals surface area (Å²) in [4.78, 5) is 11.9. The molecule has 0 saturated heterocycles. The van der Waals surface area contributed by atoms with Crippen LogP contribution >= 0.6 is 0 Å². The van der Waals surface area contributed by atoms with Gasteiger partial charge in [-0.1, -0.05) is 6.08 Å². The molecule has 0 aliphatic carbocycles. The second-order valence-corrected chi connectivity index (χ2v) is 8.44. The molecule has 0 rings (SSSR count). The lowest BCUT2D eigenvalue weighted by molar-refractivity contribution is -0.156. The van der Waals surface area contributed by atoms with Crippen molar-refractivity contribution in [2.75, 3.05) is 40.0 Å². The van der Waals surface area contributed by atoms with E-state index in [2.05, 4.69) is 6.58 Å². The summed E-state index contributed by atoms with van der Waals surface area (Å²) >= 11 is 0. The van der Waals surface area contributed by atoms with Crippen molar-refractivity contribution in [1.82, 2.24) is 0 Å². The van der Waals surface area contributed by atoms with Crippen molar-refractivity contribution in [3.05, 3.63) is 12.7 Å². The molecule has 0 fully saturated rings. The Kier molecular flexibility index (Phi) is 11.9. The van der Waals surface area contributed by atoms with Gasteiger partial charge in [-0.25, -0.2) is 0 Å². The van der Waals surface area contributed by atoms with E-state index in [1.54, 1.807) is 34.0 Å². The lowest BCUT2D eigenvalue weighted by atomic mass is 9.97. The van der Waals surface area contributed by atoms with E-state index in [0.29, 0.717) is 19.6 Å². The molecule has 0 aliphatic heterocycles. The highest BCUT2D eigenvalue weighted by Crippen LogP contribution is 2.18. The van der Waals surface area contributed by atoms with E-state index in [1.165, 1.54) is 0 Å². The molecule has 2 atom stereocenters. The summed E-state index contributed by atoms with van der Waals surface area (Å²) < 4.78 is 48.9. The predicted octanol–water partition coefficient (Wildman–Crippen LogP) is 1.89. The predicted molar refractivity (Wildman–Crippen MR) is 97.1 cm³/mol. The van der Waals surface area contributed by atoms with Crippen LogP contribution in [-0.4, -0.2) is 66.6 Å². The number of esters is 1. The third-order valence-corrected chi connectivity index (χ3v) is 3.72. The van der Waals surface area contributed by atoms with Crippen LogP contribution in [0.15, 0.2) is 12.7 Å². The third kappa shape index (κ3) is 13.2. The van der Waals surface area contributed by atoms with Gasteiger partial charge in [0.1, 0.15) is 19.5 Å². The Morgan fingerprint density at radius 3 is 2.35 bits per heavy atom. The monoisotopic (exact) mass is 396 g/mol. The standard InChI is InChI=1S/C17H32O8S/c1-7-8-14(24-13-22-10-9-21-5)11-15(25-26(6,19)20)12-23-16(18)17(2,3)4/h7,14-15H,1,8-13H2,2-6H3/t14-,15+/m1/s1. The molecule has 0 unspecified atom stereocenters. The van der Waals surface area contributed by atoms with E-state index in [-0.39, 0.29) is 19.8 Å². The Balaban J connectivity index is 4.75. The lowest BCUT2D eigenvalue weighted by Gasteiger charge is -2.24. The first-order valence-corrected chi connectivity index (χ1v) is 10.2. The molecule has 0 aromatic carbocycles. The highest BCUT2D eigenvalue weighted by Gasteiger charge is 2.27. The zero-order chi connectivity index (χ0) is 20.2. The molecular formula is C17H32O8S. The first kappa shape index (κ1) is 25.0. The highest BCUT2D eigenvalue weighted by atomic mass is 32.2. The summed E-state index contributed by atoms with van der Waals surface area (Å²) in [5, 5.41) is 0. The average molecular weight is 397 g/mol. The Morgan fingerprint density at radius 2 is 1.85 bits per heavy atom. The minimum Gasteiger partial charge on any atom is -0.462 e. The second kappa shape index (κ2) is 12.4. The van der Waals surface area contributed by atoms with Gasteiger partial charge in [0.25, 0.3) is 10.1 Å². The number of methoxy groups -OCH3 is 1. The molecule has 0 bridgehead atoms. The van der Waals surface area contributed by atoms with Crippen LogP contribution in [0.5, 0.6) is 0 Å². The Bertz CT molecular complexity index is 509. The van der Waals surface area contributed by atoms with Gasteiger partial charge in [0.05, 0.1) is 31.0 Å². The summed E-state index contributed by atoms with van der Waals surface area (Å²) in [7, 11) is -2.15. The number of rotatable bonds is 14. The summed E-state index contributed by atoms with van der Waals surface area (Å²) in [6, 6.07) is 0. The highest BCUT2D eigenvalue weighted by molar-refractivity contribution is 7.86. The van der Waals surface area contributed by atoms with Crippen LogP contribution in [0, 0.1) is 5.41 Å². The first-order chi connectivity index (χ1) is 12.0. The number of hydrogen-bond donors (Lipinski definition) is 0. The number of carbonyl (C=O) groups excluding carboxylic acids is 1. The van der Waals surface area contributed by atoms with Crippen molar-refractivity contribution in [3.63, 3.8) is 0 Å². The number of ether oxygens (including phenoxy) is 4. The van der Waals surface area contributed by atoms with Gasteiger partial charge in [-0.3, -0.25) is 8.98 Å². The maximum Gasteiger partial charge on any atom is 0.311 e. The Hall–Kier alpha value is -1.00. The maximum absolute atomic E-state index is 11.9. The summed E-state index contributed by atoms with van der Waals surface area (Å²) in [5.74, 6) is -0.441. The molecule has 0 amide bonds. The zero-order valence-corrected chi connectivity index (χ0v) is 17.2. The van der Waals surface area contributed by atoms with Gasteiger partial charge in [0.15, 0.2) is 0 Å². The van der Waals surface area contributed by atoms with E-state index in [9.17, 15) is 13.2 Å². The van der Waals surface area contributed by atoms with Crippen molar-refractivity contribution < 1.29 is 36.3 Å². The molecule has 0 radical (unpaired) electrons. The fourth-order valence-electron chi connectivity index (χ4n) is 1.82. The van der Waals surface area contributed by atoms with Crippen molar-refractivity contribution in [2.24, 2.45) is 5.41 Å². The maximum atomic E-state index is 11.9. The summed E-state index contributed by atoms with van der Waals surface area (Å²) in [5.41, 5.74) is -0.693. The molecule has 26 heavy (non-hydrogen) atoms. The Morgan fingerprint density at radius 1 is 1.19 bits per heavy atom. The van der Waals surface area contributed by atoms with Gasteiger partial charge in [-0.05, 0) is 27.2 Å². The molecule has 0 spiro atoms.